The Morgan fingerprint density at radius 1 is 1.16 bits per heavy atom. The summed E-state index contributed by atoms with van der Waals surface area (Å²) in [7, 11) is 0. The van der Waals surface area contributed by atoms with Gasteiger partial charge in [0.1, 0.15) is 13.2 Å². The number of fused-ring (bicyclic) bond motifs is 2. The lowest BCUT2D eigenvalue weighted by Gasteiger charge is -2.19. The van der Waals surface area contributed by atoms with Gasteiger partial charge in [-0.3, -0.25) is 9.48 Å². The molecule has 25 heavy (non-hydrogen) atoms. The van der Waals surface area contributed by atoms with Gasteiger partial charge in [-0.05, 0) is 30.7 Å². The summed E-state index contributed by atoms with van der Waals surface area (Å²) in [5.41, 5.74) is 2.93. The van der Waals surface area contributed by atoms with Crippen LogP contribution in [-0.2, 0) is 11.3 Å². The zero-order valence-electron chi connectivity index (χ0n) is 14.0. The van der Waals surface area contributed by atoms with Crippen molar-refractivity contribution in [1.82, 2.24) is 9.78 Å². The standard InChI is InChI=1S/C19H19N3O3/c1-13-2-3-14-12-20-22(16(14)10-13)7-6-19(23)21-15-4-5-17-18(11-15)25-9-8-24-17/h2-5,10-12H,6-9H2,1H3,(H,21,23). The number of benzene rings is 2. The van der Waals surface area contributed by atoms with E-state index in [0.29, 0.717) is 43.4 Å². The van der Waals surface area contributed by atoms with Crippen LogP contribution < -0.4 is 14.8 Å². The molecule has 2 heterocycles. The van der Waals surface area contributed by atoms with Gasteiger partial charge in [-0.15, -0.1) is 0 Å². The highest BCUT2D eigenvalue weighted by Crippen LogP contribution is 2.32. The first kappa shape index (κ1) is 15.5. The number of hydrogen-bond donors (Lipinski definition) is 1. The number of carbonyl (C=O) groups excluding carboxylic acids is 1. The molecule has 0 saturated heterocycles. The molecule has 3 aromatic rings. The quantitative estimate of drug-likeness (QED) is 0.794. The van der Waals surface area contributed by atoms with Crippen LogP contribution in [0.25, 0.3) is 10.9 Å². The maximum absolute atomic E-state index is 12.3. The third kappa shape index (κ3) is 3.28. The van der Waals surface area contributed by atoms with Crippen LogP contribution in [0.3, 0.4) is 0 Å². The molecular weight excluding hydrogens is 318 g/mol. The number of aromatic nitrogens is 2. The van der Waals surface area contributed by atoms with Gasteiger partial charge in [-0.25, -0.2) is 0 Å². The summed E-state index contributed by atoms with van der Waals surface area (Å²) in [4.78, 5) is 12.3. The Kier molecular flexibility index (Phi) is 4.01. The first-order chi connectivity index (χ1) is 12.2. The molecule has 1 amide bonds. The summed E-state index contributed by atoms with van der Waals surface area (Å²) >= 11 is 0. The maximum atomic E-state index is 12.3. The van der Waals surface area contributed by atoms with Crippen molar-refractivity contribution in [2.45, 2.75) is 19.9 Å². The minimum absolute atomic E-state index is 0.0621. The van der Waals surface area contributed by atoms with Crippen molar-refractivity contribution in [2.75, 3.05) is 18.5 Å². The molecule has 0 unspecified atom stereocenters. The molecular formula is C19H19N3O3. The van der Waals surface area contributed by atoms with Gasteiger partial charge in [0.2, 0.25) is 5.91 Å². The van der Waals surface area contributed by atoms with Gasteiger partial charge < -0.3 is 14.8 Å². The number of anilines is 1. The average Bonchev–Trinajstić information content (AvgIpc) is 3.02. The molecule has 1 aliphatic heterocycles. The molecule has 4 rings (SSSR count). The molecule has 0 fully saturated rings. The Hall–Kier alpha value is -3.02. The molecule has 0 bridgehead atoms. The molecule has 2 aromatic carbocycles. The first-order valence-electron chi connectivity index (χ1n) is 8.31. The molecule has 6 heteroatoms. The largest absolute Gasteiger partial charge is 0.486 e. The molecule has 1 aliphatic rings. The SMILES string of the molecule is Cc1ccc2cnn(CCC(=O)Nc3ccc4c(c3)OCCO4)c2c1. The van der Waals surface area contributed by atoms with Crippen LogP contribution in [-0.4, -0.2) is 28.9 Å². The number of aryl methyl sites for hydroxylation is 2. The summed E-state index contributed by atoms with van der Waals surface area (Å²) < 4.78 is 12.9. The van der Waals surface area contributed by atoms with Crippen LogP contribution in [0.1, 0.15) is 12.0 Å². The smallest absolute Gasteiger partial charge is 0.226 e. The summed E-state index contributed by atoms with van der Waals surface area (Å²) in [5, 5.41) is 8.35. The third-order valence-corrected chi connectivity index (χ3v) is 4.18. The summed E-state index contributed by atoms with van der Waals surface area (Å²) in [6.45, 7) is 3.65. The van der Waals surface area contributed by atoms with Gasteiger partial charge in [0.05, 0.1) is 18.3 Å². The monoisotopic (exact) mass is 337 g/mol. The Morgan fingerprint density at radius 3 is 2.88 bits per heavy atom. The second kappa shape index (κ2) is 6.47. The van der Waals surface area contributed by atoms with Crippen molar-refractivity contribution in [3.05, 3.63) is 48.2 Å². The predicted octanol–water partition coefficient (Wildman–Crippen LogP) is 3.14. The minimum atomic E-state index is -0.0621. The lowest BCUT2D eigenvalue weighted by Crippen LogP contribution is -2.17. The molecule has 0 atom stereocenters. The minimum Gasteiger partial charge on any atom is -0.486 e. The van der Waals surface area contributed by atoms with Crippen molar-refractivity contribution < 1.29 is 14.3 Å². The third-order valence-electron chi connectivity index (χ3n) is 4.18. The number of hydrogen-bond acceptors (Lipinski definition) is 4. The van der Waals surface area contributed by atoms with Crippen LogP contribution >= 0.6 is 0 Å². The molecule has 1 N–H and O–H groups in total. The molecule has 0 saturated carbocycles. The molecule has 1 aromatic heterocycles. The van der Waals surface area contributed by atoms with Gasteiger partial charge in [0, 0.05) is 23.6 Å². The zero-order valence-corrected chi connectivity index (χ0v) is 14.0. The van der Waals surface area contributed by atoms with Crippen LogP contribution in [0.15, 0.2) is 42.6 Å². The van der Waals surface area contributed by atoms with E-state index in [-0.39, 0.29) is 5.91 Å². The molecule has 128 valence electrons. The second-order valence-corrected chi connectivity index (χ2v) is 6.09. The topological polar surface area (TPSA) is 65.4 Å². The fourth-order valence-corrected chi connectivity index (χ4v) is 2.91. The predicted molar refractivity (Wildman–Crippen MR) is 95.1 cm³/mol. The normalized spacial score (nSPS) is 13.0. The van der Waals surface area contributed by atoms with Gasteiger partial charge >= 0.3 is 0 Å². The van der Waals surface area contributed by atoms with E-state index in [9.17, 15) is 4.79 Å². The summed E-state index contributed by atoms with van der Waals surface area (Å²) in [5.74, 6) is 1.31. The molecule has 6 nitrogen and oxygen atoms in total. The average molecular weight is 337 g/mol. The Labute approximate surface area is 145 Å². The Morgan fingerprint density at radius 2 is 2.00 bits per heavy atom. The highest BCUT2D eigenvalue weighted by Gasteiger charge is 2.13. The van der Waals surface area contributed by atoms with E-state index in [0.717, 1.165) is 10.9 Å². The maximum Gasteiger partial charge on any atom is 0.226 e. The van der Waals surface area contributed by atoms with Gasteiger partial charge in [-0.2, -0.15) is 5.10 Å². The van der Waals surface area contributed by atoms with Crippen LogP contribution in [0, 0.1) is 6.92 Å². The Bertz CT molecular complexity index is 933. The first-order valence-corrected chi connectivity index (χ1v) is 8.31. The summed E-state index contributed by atoms with van der Waals surface area (Å²) in [6, 6.07) is 11.6. The van der Waals surface area contributed by atoms with Crippen LogP contribution in [0.4, 0.5) is 5.69 Å². The number of amides is 1. The van der Waals surface area contributed by atoms with E-state index < -0.39 is 0 Å². The van der Waals surface area contributed by atoms with Gasteiger partial charge in [-0.1, -0.05) is 12.1 Å². The lowest BCUT2D eigenvalue weighted by atomic mass is 10.2. The van der Waals surface area contributed by atoms with Crippen molar-refractivity contribution in [3.63, 3.8) is 0 Å². The van der Waals surface area contributed by atoms with Gasteiger partial charge in [0.15, 0.2) is 11.5 Å². The van der Waals surface area contributed by atoms with E-state index in [4.69, 9.17) is 9.47 Å². The van der Waals surface area contributed by atoms with E-state index in [1.165, 1.54) is 5.56 Å². The van der Waals surface area contributed by atoms with Crippen molar-refractivity contribution in [2.24, 2.45) is 0 Å². The van der Waals surface area contributed by atoms with Crippen molar-refractivity contribution in [3.8, 4) is 11.5 Å². The number of nitrogens with zero attached hydrogens (tertiary/aromatic N) is 2. The second-order valence-electron chi connectivity index (χ2n) is 6.09. The summed E-state index contributed by atoms with van der Waals surface area (Å²) in [6.07, 6.45) is 2.17. The van der Waals surface area contributed by atoms with E-state index in [1.54, 1.807) is 6.07 Å². The van der Waals surface area contributed by atoms with Gasteiger partial charge in [0.25, 0.3) is 0 Å². The molecule has 0 radical (unpaired) electrons. The lowest BCUT2D eigenvalue weighted by molar-refractivity contribution is -0.116. The number of ether oxygens (including phenoxy) is 2. The van der Waals surface area contributed by atoms with E-state index in [1.807, 2.05) is 36.0 Å². The molecule has 0 spiro atoms. The molecule has 0 aliphatic carbocycles. The number of nitrogens with one attached hydrogen (secondary N) is 1. The zero-order chi connectivity index (χ0) is 17.2. The van der Waals surface area contributed by atoms with E-state index in [2.05, 4.69) is 22.5 Å². The number of carbonyl (C=O) groups is 1. The Balaban J connectivity index is 1.41. The van der Waals surface area contributed by atoms with Crippen molar-refractivity contribution >= 4 is 22.5 Å². The van der Waals surface area contributed by atoms with Crippen LogP contribution in [0.2, 0.25) is 0 Å². The van der Waals surface area contributed by atoms with Crippen LogP contribution in [0.5, 0.6) is 11.5 Å². The highest BCUT2D eigenvalue weighted by molar-refractivity contribution is 5.91. The van der Waals surface area contributed by atoms with E-state index >= 15 is 0 Å². The fourth-order valence-electron chi connectivity index (χ4n) is 2.91. The fraction of sp³-hybridized carbons (Fsp3) is 0.263. The van der Waals surface area contributed by atoms with Crippen molar-refractivity contribution in [1.29, 1.82) is 0 Å². The highest BCUT2D eigenvalue weighted by atomic mass is 16.6. The number of rotatable bonds is 4.